The molecule has 0 aliphatic heterocycles. The van der Waals surface area contributed by atoms with Gasteiger partial charge in [-0.2, -0.15) is 0 Å². The normalized spacial score (nSPS) is 24.1. The Labute approximate surface area is 67.2 Å². The van der Waals surface area contributed by atoms with Gasteiger partial charge in [0.25, 0.3) is 0 Å². The zero-order valence-corrected chi connectivity index (χ0v) is 7.00. The molecule has 0 aromatic carbocycles. The highest BCUT2D eigenvalue weighted by molar-refractivity contribution is 5.27. The van der Waals surface area contributed by atoms with Gasteiger partial charge in [0.1, 0.15) is 11.9 Å². The van der Waals surface area contributed by atoms with E-state index in [1.54, 1.807) is 7.11 Å². The monoisotopic (exact) mass is 154 g/mol. The summed E-state index contributed by atoms with van der Waals surface area (Å²) in [4.78, 5) is 0. The summed E-state index contributed by atoms with van der Waals surface area (Å²) in [6.45, 7) is 2.09. The molecule has 0 saturated heterocycles. The van der Waals surface area contributed by atoms with Crippen molar-refractivity contribution < 1.29 is 9.84 Å². The van der Waals surface area contributed by atoms with Crippen LogP contribution in [0.25, 0.3) is 0 Å². The molecule has 1 atom stereocenters. The molecule has 0 radical (unpaired) electrons. The van der Waals surface area contributed by atoms with Crippen LogP contribution in [0.2, 0.25) is 0 Å². The fourth-order valence-corrected chi connectivity index (χ4v) is 1.16. The standard InChI is InChI=1S/C9H14O2/c1-3-7-4-5-8(10)9(6-7)11-2/h4,6,8,10H,3,5H2,1-2H3. The Morgan fingerprint density at radius 3 is 3.00 bits per heavy atom. The molecule has 1 aliphatic rings. The number of ether oxygens (including phenoxy) is 1. The predicted octanol–water partition coefficient (Wildman–Crippen LogP) is 1.62. The second kappa shape index (κ2) is 3.58. The molecule has 0 bridgehead atoms. The topological polar surface area (TPSA) is 29.5 Å². The molecule has 2 nitrogen and oxygen atoms in total. The van der Waals surface area contributed by atoms with Crippen molar-refractivity contribution >= 4 is 0 Å². The van der Waals surface area contributed by atoms with Crippen molar-refractivity contribution in [1.29, 1.82) is 0 Å². The van der Waals surface area contributed by atoms with Gasteiger partial charge in [0, 0.05) is 0 Å². The third kappa shape index (κ3) is 1.84. The lowest BCUT2D eigenvalue weighted by molar-refractivity contribution is 0.128. The molecule has 1 N–H and O–H groups in total. The summed E-state index contributed by atoms with van der Waals surface area (Å²) < 4.78 is 5.01. The quantitative estimate of drug-likeness (QED) is 0.655. The molecule has 0 fully saturated rings. The lowest BCUT2D eigenvalue weighted by atomic mass is 10.0. The Hall–Kier alpha value is -0.760. The van der Waals surface area contributed by atoms with Gasteiger partial charge in [0.2, 0.25) is 0 Å². The van der Waals surface area contributed by atoms with Crippen molar-refractivity contribution in [3.63, 3.8) is 0 Å². The smallest absolute Gasteiger partial charge is 0.125 e. The van der Waals surface area contributed by atoms with E-state index in [4.69, 9.17) is 4.74 Å². The van der Waals surface area contributed by atoms with E-state index in [9.17, 15) is 5.11 Å². The molecule has 0 amide bonds. The van der Waals surface area contributed by atoms with Gasteiger partial charge in [0.05, 0.1) is 7.11 Å². The highest BCUT2D eigenvalue weighted by Crippen LogP contribution is 2.19. The van der Waals surface area contributed by atoms with Crippen LogP contribution in [0.3, 0.4) is 0 Å². The van der Waals surface area contributed by atoms with Crippen LogP contribution in [-0.4, -0.2) is 18.3 Å². The maximum atomic E-state index is 9.34. The number of hydrogen-bond donors (Lipinski definition) is 1. The molecule has 0 aromatic rings. The van der Waals surface area contributed by atoms with Crippen LogP contribution in [0, 0.1) is 0 Å². The van der Waals surface area contributed by atoms with E-state index in [0.29, 0.717) is 12.2 Å². The molecule has 1 aliphatic carbocycles. The van der Waals surface area contributed by atoms with Gasteiger partial charge < -0.3 is 9.84 Å². The number of hydrogen-bond acceptors (Lipinski definition) is 2. The van der Waals surface area contributed by atoms with Gasteiger partial charge >= 0.3 is 0 Å². The first-order valence-electron chi connectivity index (χ1n) is 3.90. The van der Waals surface area contributed by atoms with Crippen molar-refractivity contribution in [3.05, 3.63) is 23.5 Å². The second-order valence-corrected chi connectivity index (χ2v) is 2.63. The van der Waals surface area contributed by atoms with Gasteiger partial charge in [-0.05, 0) is 24.5 Å². The van der Waals surface area contributed by atoms with Gasteiger partial charge in [-0.25, -0.2) is 0 Å². The molecular formula is C9H14O2. The summed E-state index contributed by atoms with van der Waals surface area (Å²) in [5.74, 6) is 0.685. The molecule has 0 spiro atoms. The van der Waals surface area contributed by atoms with Crippen LogP contribution < -0.4 is 0 Å². The summed E-state index contributed by atoms with van der Waals surface area (Å²) in [6, 6.07) is 0. The van der Waals surface area contributed by atoms with Crippen LogP contribution in [-0.2, 0) is 4.74 Å². The highest BCUT2D eigenvalue weighted by atomic mass is 16.5. The molecule has 1 rings (SSSR count). The predicted molar refractivity (Wildman–Crippen MR) is 44.1 cm³/mol. The molecule has 62 valence electrons. The van der Waals surface area contributed by atoms with E-state index in [0.717, 1.165) is 6.42 Å². The van der Waals surface area contributed by atoms with Gasteiger partial charge in [-0.3, -0.25) is 0 Å². The molecule has 0 saturated carbocycles. The summed E-state index contributed by atoms with van der Waals surface area (Å²) in [5.41, 5.74) is 1.24. The molecule has 2 heteroatoms. The average molecular weight is 154 g/mol. The van der Waals surface area contributed by atoms with Crippen molar-refractivity contribution in [2.75, 3.05) is 7.11 Å². The molecule has 1 unspecified atom stereocenters. The summed E-state index contributed by atoms with van der Waals surface area (Å²) >= 11 is 0. The van der Waals surface area contributed by atoms with Crippen molar-refractivity contribution in [1.82, 2.24) is 0 Å². The van der Waals surface area contributed by atoms with Crippen LogP contribution >= 0.6 is 0 Å². The van der Waals surface area contributed by atoms with Crippen LogP contribution in [0.1, 0.15) is 19.8 Å². The van der Waals surface area contributed by atoms with Crippen molar-refractivity contribution in [3.8, 4) is 0 Å². The number of allylic oxidation sites excluding steroid dienone is 2. The van der Waals surface area contributed by atoms with Crippen LogP contribution in [0.5, 0.6) is 0 Å². The van der Waals surface area contributed by atoms with Crippen molar-refractivity contribution in [2.24, 2.45) is 0 Å². The maximum absolute atomic E-state index is 9.34. The largest absolute Gasteiger partial charge is 0.498 e. The lowest BCUT2D eigenvalue weighted by Gasteiger charge is -2.17. The second-order valence-electron chi connectivity index (χ2n) is 2.63. The number of aliphatic hydroxyl groups excluding tert-OH is 1. The zero-order valence-electron chi connectivity index (χ0n) is 7.00. The minimum Gasteiger partial charge on any atom is -0.498 e. The first kappa shape index (κ1) is 8.34. The van der Waals surface area contributed by atoms with Gasteiger partial charge in [-0.1, -0.05) is 13.0 Å². The molecule has 0 aromatic heterocycles. The minimum absolute atomic E-state index is 0.435. The van der Waals surface area contributed by atoms with E-state index in [1.807, 2.05) is 12.2 Å². The third-order valence-corrected chi connectivity index (χ3v) is 1.90. The molecular weight excluding hydrogens is 140 g/mol. The molecule has 11 heavy (non-hydrogen) atoms. The fourth-order valence-electron chi connectivity index (χ4n) is 1.16. The van der Waals surface area contributed by atoms with E-state index < -0.39 is 6.10 Å². The SMILES string of the molecule is CCC1=CCC(O)C(OC)=C1. The maximum Gasteiger partial charge on any atom is 0.125 e. The number of aliphatic hydroxyl groups is 1. The zero-order chi connectivity index (χ0) is 8.27. The Bertz CT molecular complexity index is 192. The first-order chi connectivity index (χ1) is 5.27. The lowest BCUT2D eigenvalue weighted by Crippen LogP contribution is -2.14. The Morgan fingerprint density at radius 2 is 2.45 bits per heavy atom. The van der Waals surface area contributed by atoms with Crippen LogP contribution in [0.15, 0.2) is 23.5 Å². The fraction of sp³-hybridized carbons (Fsp3) is 0.556. The van der Waals surface area contributed by atoms with Crippen LogP contribution in [0.4, 0.5) is 0 Å². The summed E-state index contributed by atoms with van der Waals surface area (Å²) in [7, 11) is 1.59. The summed E-state index contributed by atoms with van der Waals surface area (Å²) in [6.07, 6.45) is 5.21. The number of rotatable bonds is 2. The minimum atomic E-state index is -0.435. The van der Waals surface area contributed by atoms with E-state index in [-0.39, 0.29) is 0 Å². The Morgan fingerprint density at radius 1 is 1.73 bits per heavy atom. The third-order valence-electron chi connectivity index (χ3n) is 1.90. The summed E-state index contributed by atoms with van der Waals surface area (Å²) in [5, 5.41) is 9.34. The Balaban J connectivity index is 2.71. The number of methoxy groups -OCH3 is 1. The first-order valence-corrected chi connectivity index (χ1v) is 3.90. The Kier molecular flexibility index (Phi) is 2.71. The van der Waals surface area contributed by atoms with Gasteiger partial charge in [-0.15, -0.1) is 0 Å². The van der Waals surface area contributed by atoms with E-state index in [2.05, 4.69) is 6.92 Å². The van der Waals surface area contributed by atoms with E-state index >= 15 is 0 Å². The van der Waals surface area contributed by atoms with Crippen molar-refractivity contribution in [2.45, 2.75) is 25.9 Å². The van der Waals surface area contributed by atoms with Gasteiger partial charge in [0.15, 0.2) is 0 Å². The molecule has 0 heterocycles. The highest BCUT2D eigenvalue weighted by Gasteiger charge is 2.14. The van der Waals surface area contributed by atoms with E-state index in [1.165, 1.54) is 5.57 Å². The average Bonchev–Trinajstić information content (AvgIpc) is 2.05.